The lowest BCUT2D eigenvalue weighted by Crippen LogP contribution is -2.37. The predicted molar refractivity (Wildman–Crippen MR) is 103 cm³/mol. The average molecular weight is 413 g/mol. The van der Waals surface area contributed by atoms with Crippen molar-refractivity contribution in [2.24, 2.45) is 5.10 Å². The van der Waals surface area contributed by atoms with E-state index in [2.05, 4.69) is 40.7 Å². The molecule has 0 aliphatic carbocycles. The summed E-state index contributed by atoms with van der Waals surface area (Å²) in [6, 6.07) is 6.45. The molecule has 0 bridgehead atoms. The third-order valence-electron chi connectivity index (χ3n) is 4.40. The number of carbonyl (C=O) groups excluding carboxylic acids is 1. The number of nitrogens with two attached hydrogens (primary N) is 1. The minimum absolute atomic E-state index is 0.0250. The average Bonchev–Trinajstić information content (AvgIpc) is 3.34. The highest BCUT2D eigenvalue weighted by Crippen LogP contribution is 2.18. The van der Waals surface area contributed by atoms with Crippen molar-refractivity contribution in [2.75, 3.05) is 32.0 Å². The number of ether oxygens (including phenoxy) is 1. The third kappa shape index (κ3) is 4.26. The number of hydrogen-bond acceptors (Lipinski definition) is 11. The number of morpholine rings is 1. The number of aromatic hydroxyl groups is 1. The van der Waals surface area contributed by atoms with Crippen LogP contribution in [0.25, 0.3) is 5.82 Å². The molecule has 1 saturated heterocycles. The monoisotopic (exact) mass is 413 g/mol. The molecule has 0 atom stereocenters. The number of nitrogens with one attached hydrogen (secondary N) is 1. The molecular formula is C17H19N9O4. The second kappa shape index (κ2) is 8.67. The van der Waals surface area contributed by atoms with Crippen LogP contribution in [0.5, 0.6) is 5.75 Å². The van der Waals surface area contributed by atoms with Crippen LogP contribution in [0, 0.1) is 0 Å². The van der Waals surface area contributed by atoms with Crippen LogP contribution in [-0.4, -0.2) is 73.7 Å². The normalized spacial score (nSPS) is 14.9. The Balaban J connectivity index is 1.57. The van der Waals surface area contributed by atoms with Gasteiger partial charge in [-0.25, -0.2) is 10.1 Å². The second-order valence-electron chi connectivity index (χ2n) is 6.45. The molecule has 0 saturated carbocycles. The van der Waals surface area contributed by atoms with Crippen LogP contribution < -0.4 is 11.2 Å². The first-order chi connectivity index (χ1) is 14.6. The van der Waals surface area contributed by atoms with Crippen LogP contribution in [-0.2, 0) is 11.3 Å². The molecule has 1 aliphatic heterocycles. The minimum atomic E-state index is -0.559. The summed E-state index contributed by atoms with van der Waals surface area (Å²) in [5.74, 6) is -0.291. The molecule has 4 rings (SSSR count). The maximum atomic E-state index is 12.7. The van der Waals surface area contributed by atoms with Crippen LogP contribution in [0.1, 0.15) is 21.7 Å². The molecule has 4 N–H and O–H groups in total. The first kappa shape index (κ1) is 19.5. The molecule has 1 amide bonds. The Morgan fingerprint density at radius 2 is 2.17 bits per heavy atom. The summed E-state index contributed by atoms with van der Waals surface area (Å²) in [4.78, 5) is 14.8. The van der Waals surface area contributed by atoms with Gasteiger partial charge >= 0.3 is 0 Å². The molecule has 0 spiro atoms. The van der Waals surface area contributed by atoms with Crippen molar-refractivity contribution in [3.8, 4) is 11.6 Å². The lowest BCUT2D eigenvalue weighted by atomic mass is 10.2. The van der Waals surface area contributed by atoms with E-state index in [0.29, 0.717) is 44.1 Å². The van der Waals surface area contributed by atoms with E-state index in [1.54, 1.807) is 12.1 Å². The van der Waals surface area contributed by atoms with Crippen LogP contribution in [0.2, 0.25) is 0 Å². The number of hydrogen-bond donors (Lipinski definition) is 3. The Morgan fingerprint density at radius 1 is 1.33 bits per heavy atom. The topological polar surface area (TPSA) is 170 Å². The standard InChI is InChI=1S/C17H19N9O4/c18-15-16(23-30-22-15)26-13(10-25-4-6-29-7-5-25)14(20-24-26)17(28)21-19-9-11-2-1-3-12(27)8-11/h1-3,8-9,27H,4-7,10H2,(H2,18,22)(H,21,28). The van der Waals surface area contributed by atoms with E-state index in [0.717, 1.165) is 0 Å². The van der Waals surface area contributed by atoms with Crippen molar-refractivity contribution in [1.82, 2.24) is 35.6 Å². The highest BCUT2D eigenvalue weighted by atomic mass is 16.6. The number of phenolic OH excluding ortho intramolecular Hbond substituents is 1. The van der Waals surface area contributed by atoms with Crippen LogP contribution in [0.4, 0.5) is 5.82 Å². The number of phenols is 1. The van der Waals surface area contributed by atoms with Gasteiger partial charge in [0.05, 0.1) is 25.1 Å². The summed E-state index contributed by atoms with van der Waals surface area (Å²) in [6.07, 6.45) is 1.41. The molecular weight excluding hydrogens is 394 g/mol. The first-order valence-corrected chi connectivity index (χ1v) is 9.07. The van der Waals surface area contributed by atoms with Crippen molar-refractivity contribution in [3.63, 3.8) is 0 Å². The third-order valence-corrected chi connectivity index (χ3v) is 4.40. The maximum Gasteiger partial charge on any atom is 0.293 e. The summed E-state index contributed by atoms with van der Waals surface area (Å²) in [5, 5.41) is 28.7. The number of amides is 1. The Morgan fingerprint density at radius 3 is 2.90 bits per heavy atom. The number of aromatic nitrogens is 5. The molecule has 3 aromatic rings. The van der Waals surface area contributed by atoms with Gasteiger partial charge < -0.3 is 15.6 Å². The van der Waals surface area contributed by atoms with Crippen molar-refractivity contribution >= 4 is 17.9 Å². The fourth-order valence-electron chi connectivity index (χ4n) is 2.92. The van der Waals surface area contributed by atoms with E-state index in [4.69, 9.17) is 10.5 Å². The van der Waals surface area contributed by atoms with Gasteiger partial charge in [0, 0.05) is 19.6 Å². The van der Waals surface area contributed by atoms with Gasteiger partial charge in [-0.15, -0.1) is 5.10 Å². The lowest BCUT2D eigenvalue weighted by molar-refractivity contribution is 0.0332. The summed E-state index contributed by atoms with van der Waals surface area (Å²) in [5.41, 5.74) is 9.35. The summed E-state index contributed by atoms with van der Waals surface area (Å²) in [7, 11) is 0. The van der Waals surface area contributed by atoms with E-state index >= 15 is 0 Å². The number of hydrazone groups is 1. The molecule has 0 radical (unpaired) electrons. The van der Waals surface area contributed by atoms with Crippen molar-refractivity contribution < 1.29 is 19.3 Å². The van der Waals surface area contributed by atoms with Crippen LogP contribution in [0.15, 0.2) is 34.0 Å². The van der Waals surface area contributed by atoms with Gasteiger partial charge in [0.25, 0.3) is 5.91 Å². The molecule has 1 aromatic carbocycles. The smallest absolute Gasteiger partial charge is 0.293 e. The molecule has 13 heteroatoms. The fourth-order valence-corrected chi connectivity index (χ4v) is 2.92. The molecule has 156 valence electrons. The summed E-state index contributed by atoms with van der Waals surface area (Å²) < 4.78 is 11.3. The molecule has 1 aliphatic rings. The minimum Gasteiger partial charge on any atom is -0.508 e. The lowest BCUT2D eigenvalue weighted by Gasteiger charge is -2.26. The van der Waals surface area contributed by atoms with Gasteiger partial charge in [-0.1, -0.05) is 17.3 Å². The SMILES string of the molecule is Nc1nonc1-n1nnc(C(=O)NN=Cc2cccc(O)c2)c1CN1CCOCC1. The van der Waals surface area contributed by atoms with Gasteiger partial charge in [-0.2, -0.15) is 9.78 Å². The molecule has 30 heavy (non-hydrogen) atoms. The van der Waals surface area contributed by atoms with Crippen molar-refractivity contribution in [3.05, 3.63) is 41.2 Å². The van der Waals surface area contributed by atoms with Crippen molar-refractivity contribution in [2.45, 2.75) is 6.54 Å². The van der Waals surface area contributed by atoms with Gasteiger partial charge in [0.15, 0.2) is 5.69 Å². The summed E-state index contributed by atoms with van der Waals surface area (Å²) in [6.45, 7) is 2.92. The largest absolute Gasteiger partial charge is 0.508 e. The molecule has 0 unspecified atom stereocenters. The van der Waals surface area contributed by atoms with Gasteiger partial charge in [-0.3, -0.25) is 9.69 Å². The number of nitrogen functional groups attached to an aromatic ring is 1. The summed E-state index contributed by atoms with van der Waals surface area (Å²) >= 11 is 0. The highest BCUT2D eigenvalue weighted by Gasteiger charge is 2.26. The first-order valence-electron chi connectivity index (χ1n) is 9.07. The molecule has 1 fully saturated rings. The molecule has 13 nitrogen and oxygen atoms in total. The van der Waals surface area contributed by atoms with E-state index in [1.807, 2.05) is 0 Å². The van der Waals surface area contributed by atoms with Crippen molar-refractivity contribution in [1.29, 1.82) is 0 Å². The van der Waals surface area contributed by atoms with E-state index in [1.165, 1.54) is 23.0 Å². The molecule has 2 aromatic heterocycles. The number of anilines is 1. The Kier molecular flexibility index (Phi) is 5.63. The Labute approximate surface area is 170 Å². The predicted octanol–water partition coefficient (Wildman–Crippen LogP) is -0.466. The fraction of sp³-hybridized carbons (Fsp3) is 0.294. The molecule has 3 heterocycles. The highest BCUT2D eigenvalue weighted by molar-refractivity contribution is 5.94. The number of rotatable bonds is 6. The second-order valence-corrected chi connectivity index (χ2v) is 6.45. The number of nitrogens with zero attached hydrogens (tertiary/aromatic N) is 7. The quantitative estimate of drug-likeness (QED) is 0.355. The van der Waals surface area contributed by atoms with Gasteiger partial charge in [0.1, 0.15) is 5.75 Å². The Hall–Kier alpha value is -3.84. The van der Waals surface area contributed by atoms with Crippen LogP contribution in [0.3, 0.4) is 0 Å². The van der Waals surface area contributed by atoms with E-state index in [9.17, 15) is 9.90 Å². The number of carbonyl (C=O) groups is 1. The Bertz CT molecular complexity index is 1060. The zero-order valence-corrected chi connectivity index (χ0v) is 15.8. The van der Waals surface area contributed by atoms with Gasteiger partial charge in [-0.05, 0) is 28.0 Å². The maximum absolute atomic E-state index is 12.7. The number of benzene rings is 1. The zero-order chi connectivity index (χ0) is 20.9. The van der Waals surface area contributed by atoms with Gasteiger partial charge in [0.2, 0.25) is 11.6 Å². The zero-order valence-electron chi connectivity index (χ0n) is 15.8. The van der Waals surface area contributed by atoms with E-state index < -0.39 is 5.91 Å². The van der Waals surface area contributed by atoms with Crippen LogP contribution >= 0.6 is 0 Å². The van der Waals surface area contributed by atoms with E-state index in [-0.39, 0.29) is 23.1 Å².